The lowest BCUT2D eigenvalue weighted by molar-refractivity contribution is 0.237. The summed E-state index contributed by atoms with van der Waals surface area (Å²) in [5.74, 6) is 0.591. The van der Waals surface area contributed by atoms with Crippen LogP contribution in [0.2, 0.25) is 0 Å². The van der Waals surface area contributed by atoms with E-state index in [-0.39, 0.29) is 18.3 Å². The van der Waals surface area contributed by atoms with E-state index < -0.39 is 0 Å². The molecule has 0 aliphatic carbocycles. The van der Waals surface area contributed by atoms with Crippen LogP contribution in [-0.2, 0) is 0 Å². The fraction of sp³-hybridized carbons (Fsp3) is 0.625. The van der Waals surface area contributed by atoms with Gasteiger partial charge in [-0.1, -0.05) is 51.7 Å². The van der Waals surface area contributed by atoms with Crippen molar-refractivity contribution in [2.24, 2.45) is 5.92 Å². The molecule has 2 heteroatoms. The van der Waals surface area contributed by atoms with Crippen molar-refractivity contribution in [3.8, 4) is 0 Å². The van der Waals surface area contributed by atoms with Gasteiger partial charge < -0.3 is 5.11 Å². The van der Waals surface area contributed by atoms with E-state index in [4.69, 9.17) is 0 Å². The van der Waals surface area contributed by atoms with Gasteiger partial charge in [-0.05, 0) is 30.0 Å². The topological polar surface area (TPSA) is 20.2 Å². The molecular weight excluding hydrogens is 227 g/mol. The molecule has 0 saturated heterocycles. The summed E-state index contributed by atoms with van der Waals surface area (Å²) in [6, 6.07) is 6.54. The Morgan fingerprint density at radius 2 is 1.83 bits per heavy atom. The minimum atomic E-state index is -0.214. The number of hydrogen-bond donors (Lipinski definition) is 1. The minimum absolute atomic E-state index is 0.146. The van der Waals surface area contributed by atoms with Gasteiger partial charge in [0.25, 0.3) is 0 Å². The Kier molecular flexibility index (Phi) is 6.96. The number of rotatable bonds is 8. The van der Waals surface area contributed by atoms with Crippen LogP contribution in [0.15, 0.2) is 24.3 Å². The van der Waals surface area contributed by atoms with Crippen molar-refractivity contribution in [2.45, 2.75) is 51.9 Å². The predicted molar refractivity (Wildman–Crippen MR) is 74.1 cm³/mol. The molecule has 1 rings (SSSR count). The van der Waals surface area contributed by atoms with Gasteiger partial charge in [-0.25, -0.2) is 4.39 Å². The second kappa shape index (κ2) is 8.25. The Bertz CT molecular complexity index is 320. The summed E-state index contributed by atoms with van der Waals surface area (Å²) in [6.07, 6.45) is 5.85. The fourth-order valence-electron chi connectivity index (χ4n) is 2.43. The largest absolute Gasteiger partial charge is 0.396 e. The van der Waals surface area contributed by atoms with Crippen LogP contribution in [-0.4, -0.2) is 11.7 Å². The Hall–Kier alpha value is -0.890. The van der Waals surface area contributed by atoms with Gasteiger partial charge >= 0.3 is 0 Å². The van der Waals surface area contributed by atoms with Crippen LogP contribution in [0, 0.1) is 11.7 Å². The van der Waals surface area contributed by atoms with E-state index >= 15 is 0 Å². The predicted octanol–water partition coefficient (Wildman–Crippen LogP) is 4.51. The summed E-state index contributed by atoms with van der Waals surface area (Å²) in [4.78, 5) is 0. The van der Waals surface area contributed by atoms with Crippen molar-refractivity contribution in [1.29, 1.82) is 0 Å². The van der Waals surface area contributed by atoms with Crippen LogP contribution in [0.5, 0.6) is 0 Å². The third kappa shape index (κ3) is 4.77. The highest BCUT2D eigenvalue weighted by atomic mass is 19.1. The first-order valence-electron chi connectivity index (χ1n) is 7.07. The first-order chi connectivity index (χ1) is 8.71. The first-order valence-corrected chi connectivity index (χ1v) is 7.07. The number of benzene rings is 1. The Balaban J connectivity index is 2.62. The molecule has 18 heavy (non-hydrogen) atoms. The maximum absolute atomic E-state index is 12.9. The van der Waals surface area contributed by atoms with Crippen LogP contribution >= 0.6 is 0 Å². The van der Waals surface area contributed by atoms with Crippen LogP contribution < -0.4 is 0 Å². The van der Waals surface area contributed by atoms with Gasteiger partial charge in [-0.2, -0.15) is 0 Å². The van der Waals surface area contributed by atoms with E-state index in [1.165, 1.54) is 31.4 Å². The normalized spacial score (nSPS) is 14.4. The highest BCUT2D eigenvalue weighted by Gasteiger charge is 2.16. The smallest absolute Gasteiger partial charge is 0.123 e. The third-order valence-corrected chi connectivity index (χ3v) is 3.72. The molecule has 0 heterocycles. The SMILES string of the molecule is CCCCC(CC)CC(CO)c1ccc(F)cc1. The molecule has 1 N–H and O–H groups in total. The molecule has 102 valence electrons. The van der Waals surface area contributed by atoms with E-state index in [2.05, 4.69) is 13.8 Å². The molecule has 0 radical (unpaired) electrons. The molecule has 1 aromatic rings. The van der Waals surface area contributed by atoms with Crippen LogP contribution in [0.3, 0.4) is 0 Å². The molecule has 0 saturated carbocycles. The summed E-state index contributed by atoms with van der Waals surface area (Å²) < 4.78 is 12.9. The highest BCUT2D eigenvalue weighted by molar-refractivity contribution is 5.20. The Morgan fingerprint density at radius 1 is 1.17 bits per heavy atom. The zero-order valence-electron chi connectivity index (χ0n) is 11.5. The van der Waals surface area contributed by atoms with E-state index in [0.717, 1.165) is 18.4 Å². The number of halogens is 1. The lowest BCUT2D eigenvalue weighted by Crippen LogP contribution is -2.11. The van der Waals surface area contributed by atoms with Crippen molar-refractivity contribution < 1.29 is 9.50 Å². The summed E-state index contributed by atoms with van der Waals surface area (Å²) in [5, 5.41) is 9.52. The number of hydrogen-bond acceptors (Lipinski definition) is 1. The molecule has 0 aromatic heterocycles. The number of aliphatic hydroxyl groups is 1. The van der Waals surface area contributed by atoms with Crippen molar-refractivity contribution in [1.82, 2.24) is 0 Å². The van der Waals surface area contributed by atoms with Crippen LogP contribution in [0.25, 0.3) is 0 Å². The van der Waals surface area contributed by atoms with Crippen LogP contribution in [0.1, 0.15) is 57.4 Å². The average Bonchev–Trinajstić information content (AvgIpc) is 2.40. The quantitative estimate of drug-likeness (QED) is 0.721. The summed E-state index contributed by atoms with van der Waals surface area (Å²) >= 11 is 0. The van der Waals surface area contributed by atoms with E-state index in [9.17, 15) is 9.50 Å². The van der Waals surface area contributed by atoms with E-state index in [0.29, 0.717) is 5.92 Å². The van der Waals surface area contributed by atoms with Gasteiger partial charge in [0.2, 0.25) is 0 Å². The zero-order chi connectivity index (χ0) is 13.4. The lowest BCUT2D eigenvalue weighted by atomic mass is 9.85. The molecule has 1 nitrogen and oxygen atoms in total. The summed E-state index contributed by atoms with van der Waals surface area (Å²) in [5.41, 5.74) is 1.05. The van der Waals surface area contributed by atoms with Gasteiger partial charge in [-0.3, -0.25) is 0 Å². The summed E-state index contributed by atoms with van der Waals surface area (Å²) in [6.45, 7) is 4.56. The molecule has 1 aromatic carbocycles. The van der Waals surface area contributed by atoms with Gasteiger partial charge in [-0.15, -0.1) is 0 Å². The van der Waals surface area contributed by atoms with Crippen molar-refractivity contribution in [2.75, 3.05) is 6.61 Å². The molecule has 0 bridgehead atoms. The Labute approximate surface area is 110 Å². The maximum atomic E-state index is 12.9. The van der Waals surface area contributed by atoms with Crippen LogP contribution in [0.4, 0.5) is 4.39 Å². The van der Waals surface area contributed by atoms with Crippen molar-refractivity contribution >= 4 is 0 Å². The molecular formula is C16H25FO. The molecule has 0 fully saturated rings. The molecule has 0 aliphatic rings. The van der Waals surface area contributed by atoms with Gasteiger partial charge in [0.05, 0.1) is 0 Å². The zero-order valence-corrected chi connectivity index (χ0v) is 11.5. The summed E-state index contributed by atoms with van der Waals surface area (Å²) in [7, 11) is 0. The third-order valence-electron chi connectivity index (χ3n) is 3.72. The van der Waals surface area contributed by atoms with E-state index in [1.54, 1.807) is 12.1 Å². The van der Waals surface area contributed by atoms with Crippen molar-refractivity contribution in [3.63, 3.8) is 0 Å². The lowest BCUT2D eigenvalue weighted by Gasteiger charge is -2.21. The average molecular weight is 252 g/mol. The van der Waals surface area contributed by atoms with E-state index in [1.807, 2.05) is 0 Å². The molecule has 0 spiro atoms. The number of aliphatic hydroxyl groups excluding tert-OH is 1. The molecule has 2 unspecified atom stereocenters. The van der Waals surface area contributed by atoms with Crippen molar-refractivity contribution in [3.05, 3.63) is 35.6 Å². The highest BCUT2D eigenvalue weighted by Crippen LogP contribution is 2.28. The molecule has 2 atom stereocenters. The second-order valence-corrected chi connectivity index (χ2v) is 5.08. The second-order valence-electron chi connectivity index (χ2n) is 5.08. The number of unbranched alkanes of at least 4 members (excludes halogenated alkanes) is 1. The maximum Gasteiger partial charge on any atom is 0.123 e. The minimum Gasteiger partial charge on any atom is -0.396 e. The molecule has 0 amide bonds. The Morgan fingerprint density at radius 3 is 2.33 bits per heavy atom. The molecule has 0 aliphatic heterocycles. The standard InChI is InChI=1S/C16H25FO/c1-3-5-6-13(4-2)11-15(12-18)14-7-9-16(17)10-8-14/h7-10,13,15,18H,3-6,11-12H2,1-2H3. The van der Waals surface area contributed by atoms with Gasteiger partial charge in [0.1, 0.15) is 5.82 Å². The first kappa shape index (κ1) is 15.2. The monoisotopic (exact) mass is 252 g/mol. The van der Waals surface area contributed by atoms with Gasteiger partial charge in [0.15, 0.2) is 0 Å². The fourth-order valence-corrected chi connectivity index (χ4v) is 2.43. The van der Waals surface area contributed by atoms with Gasteiger partial charge in [0, 0.05) is 12.5 Å².